The zero-order valence-electron chi connectivity index (χ0n) is 16.7. The molecule has 6 nitrogen and oxygen atoms in total. The van der Waals surface area contributed by atoms with E-state index in [9.17, 15) is 18.4 Å². The van der Waals surface area contributed by atoms with E-state index in [0.717, 1.165) is 6.42 Å². The van der Waals surface area contributed by atoms with E-state index in [-0.39, 0.29) is 36.6 Å². The van der Waals surface area contributed by atoms with Gasteiger partial charge in [0.25, 0.3) is 5.91 Å². The van der Waals surface area contributed by atoms with Crippen LogP contribution in [-0.2, 0) is 4.79 Å². The average molecular weight is 417 g/mol. The summed E-state index contributed by atoms with van der Waals surface area (Å²) in [4.78, 5) is 28.5. The highest BCUT2D eigenvalue weighted by atomic mass is 19.1. The van der Waals surface area contributed by atoms with Crippen LogP contribution >= 0.6 is 0 Å². The van der Waals surface area contributed by atoms with Crippen molar-refractivity contribution in [3.63, 3.8) is 0 Å². The van der Waals surface area contributed by atoms with E-state index >= 15 is 0 Å². The second-order valence-electron chi connectivity index (χ2n) is 7.08. The largest absolute Gasteiger partial charge is 0.492 e. The fourth-order valence-corrected chi connectivity index (χ4v) is 3.28. The Morgan fingerprint density at radius 2 is 1.77 bits per heavy atom. The number of nitrogens with zero attached hydrogens (tertiary/aromatic N) is 2. The smallest absolute Gasteiger partial charge is 0.253 e. The molecule has 0 saturated carbocycles. The molecule has 0 unspecified atom stereocenters. The standard InChI is InChI=1S/C22H25F2N3O3/c23-18-7-5-17(6-8-18)22(29)27-11-2-10-26(12-13-27)16-21(28)25-9-14-30-20-4-1-3-19(24)15-20/h1,3-8,15H,2,9-14,16H2,(H,25,28). The normalized spacial score (nSPS) is 14.8. The van der Waals surface area contributed by atoms with Crippen LogP contribution in [0.15, 0.2) is 48.5 Å². The zero-order chi connectivity index (χ0) is 21.3. The molecule has 1 N–H and O–H groups in total. The number of nitrogens with one attached hydrogen (secondary N) is 1. The van der Waals surface area contributed by atoms with Crippen molar-refractivity contribution in [1.29, 1.82) is 0 Å². The molecule has 160 valence electrons. The van der Waals surface area contributed by atoms with Crippen molar-refractivity contribution in [2.24, 2.45) is 0 Å². The maximum Gasteiger partial charge on any atom is 0.253 e. The topological polar surface area (TPSA) is 61.9 Å². The highest BCUT2D eigenvalue weighted by Gasteiger charge is 2.21. The molecule has 0 aromatic heterocycles. The van der Waals surface area contributed by atoms with Gasteiger partial charge < -0.3 is 15.0 Å². The first-order valence-corrected chi connectivity index (χ1v) is 9.93. The van der Waals surface area contributed by atoms with E-state index < -0.39 is 0 Å². The van der Waals surface area contributed by atoms with E-state index in [1.54, 1.807) is 17.0 Å². The van der Waals surface area contributed by atoms with Crippen LogP contribution in [0.25, 0.3) is 0 Å². The number of hydrogen-bond donors (Lipinski definition) is 1. The molecule has 2 aromatic carbocycles. The van der Waals surface area contributed by atoms with Crippen molar-refractivity contribution >= 4 is 11.8 Å². The SMILES string of the molecule is O=C(CN1CCCN(C(=O)c2ccc(F)cc2)CC1)NCCOc1cccc(F)c1. The van der Waals surface area contributed by atoms with Gasteiger partial charge in [-0.2, -0.15) is 0 Å². The van der Waals surface area contributed by atoms with Gasteiger partial charge in [-0.1, -0.05) is 6.07 Å². The number of halogens is 2. The Balaban J connectivity index is 1.38. The van der Waals surface area contributed by atoms with Gasteiger partial charge in [-0.05, 0) is 42.8 Å². The van der Waals surface area contributed by atoms with Crippen molar-refractivity contribution in [3.8, 4) is 5.75 Å². The molecule has 8 heteroatoms. The molecule has 1 fully saturated rings. The van der Waals surface area contributed by atoms with Gasteiger partial charge in [-0.15, -0.1) is 0 Å². The first-order valence-electron chi connectivity index (χ1n) is 9.93. The molecule has 2 aromatic rings. The molecule has 2 amide bonds. The third kappa shape index (κ3) is 6.52. The molecule has 0 bridgehead atoms. The van der Waals surface area contributed by atoms with Gasteiger partial charge in [0.1, 0.15) is 24.0 Å². The molecule has 3 rings (SSSR count). The minimum Gasteiger partial charge on any atom is -0.492 e. The van der Waals surface area contributed by atoms with Gasteiger partial charge in [0.15, 0.2) is 0 Å². The molecule has 1 aliphatic rings. The second-order valence-corrected chi connectivity index (χ2v) is 7.08. The third-order valence-electron chi connectivity index (χ3n) is 4.82. The Labute approximate surface area is 174 Å². The highest BCUT2D eigenvalue weighted by Crippen LogP contribution is 2.12. The summed E-state index contributed by atoms with van der Waals surface area (Å²) >= 11 is 0. The van der Waals surface area contributed by atoms with E-state index in [1.165, 1.54) is 36.4 Å². The number of benzene rings is 2. The van der Waals surface area contributed by atoms with Gasteiger partial charge in [-0.25, -0.2) is 8.78 Å². The Hall–Kier alpha value is -3.00. The Bertz CT molecular complexity index is 861. The minimum absolute atomic E-state index is 0.129. The number of carbonyl (C=O) groups excluding carboxylic acids is 2. The summed E-state index contributed by atoms with van der Waals surface area (Å²) in [5, 5.41) is 2.78. The van der Waals surface area contributed by atoms with Crippen LogP contribution in [0.4, 0.5) is 8.78 Å². The molecule has 1 saturated heterocycles. The lowest BCUT2D eigenvalue weighted by Gasteiger charge is -2.22. The van der Waals surface area contributed by atoms with Crippen molar-refractivity contribution in [1.82, 2.24) is 15.1 Å². The van der Waals surface area contributed by atoms with Gasteiger partial charge in [0.2, 0.25) is 5.91 Å². The van der Waals surface area contributed by atoms with Crippen LogP contribution in [0.2, 0.25) is 0 Å². The summed E-state index contributed by atoms with van der Waals surface area (Å²) in [6.45, 7) is 3.19. The average Bonchev–Trinajstić information content (AvgIpc) is 2.97. The van der Waals surface area contributed by atoms with Crippen LogP contribution in [-0.4, -0.2) is 67.5 Å². The summed E-state index contributed by atoms with van der Waals surface area (Å²) in [5.41, 5.74) is 0.459. The summed E-state index contributed by atoms with van der Waals surface area (Å²) in [5.74, 6) is -0.583. The van der Waals surface area contributed by atoms with Gasteiger partial charge in [-0.3, -0.25) is 14.5 Å². The number of amides is 2. The van der Waals surface area contributed by atoms with Crippen LogP contribution in [0.3, 0.4) is 0 Å². The fraction of sp³-hybridized carbons (Fsp3) is 0.364. The van der Waals surface area contributed by atoms with Crippen molar-refractivity contribution in [3.05, 3.63) is 65.7 Å². The first kappa shape index (κ1) is 21.7. The van der Waals surface area contributed by atoms with Gasteiger partial charge in [0.05, 0.1) is 13.1 Å². The lowest BCUT2D eigenvalue weighted by molar-refractivity contribution is -0.122. The molecular weight excluding hydrogens is 392 g/mol. The van der Waals surface area contributed by atoms with Crippen molar-refractivity contribution in [2.75, 3.05) is 45.9 Å². The predicted octanol–water partition coefficient (Wildman–Crippen LogP) is 2.31. The van der Waals surface area contributed by atoms with E-state index in [2.05, 4.69) is 5.32 Å². The lowest BCUT2D eigenvalue weighted by atomic mass is 10.2. The highest BCUT2D eigenvalue weighted by molar-refractivity contribution is 5.94. The first-order chi connectivity index (χ1) is 14.5. The van der Waals surface area contributed by atoms with E-state index in [4.69, 9.17) is 4.74 Å². The molecule has 1 heterocycles. The Morgan fingerprint density at radius 3 is 2.53 bits per heavy atom. The second kappa shape index (κ2) is 10.7. The summed E-state index contributed by atoms with van der Waals surface area (Å²) < 4.78 is 31.5. The van der Waals surface area contributed by atoms with Crippen molar-refractivity contribution < 1.29 is 23.1 Å². The minimum atomic E-state index is -0.374. The maximum atomic E-state index is 13.1. The predicted molar refractivity (Wildman–Crippen MR) is 108 cm³/mol. The van der Waals surface area contributed by atoms with E-state index in [0.29, 0.717) is 44.0 Å². The monoisotopic (exact) mass is 417 g/mol. The number of hydrogen-bond acceptors (Lipinski definition) is 4. The number of carbonyl (C=O) groups is 2. The maximum absolute atomic E-state index is 13.1. The lowest BCUT2D eigenvalue weighted by Crippen LogP contribution is -2.41. The zero-order valence-corrected chi connectivity index (χ0v) is 16.7. The molecule has 0 atom stereocenters. The van der Waals surface area contributed by atoms with Gasteiger partial charge in [0, 0.05) is 37.8 Å². The van der Waals surface area contributed by atoms with Gasteiger partial charge >= 0.3 is 0 Å². The van der Waals surface area contributed by atoms with Crippen LogP contribution in [0.1, 0.15) is 16.8 Å². The summed E-state index contributed by atoms with van der Waals surface area (Å²) in [6.07, 6.45) is 0.753. The van der Waals surface area contributed by atoms with Crippen LogP contribution in [0, 0.1) is 11.6 Å². The molecule has 1 aliphatic heterocycles. The molecule has 0 aliphatic carbocycles. The summed E-state index contributed by atoms with van der Waals surface area (Å²) in [7, 11) is 0. The molecule has 0 spiro atoms. The fourth-order valence-electron chi connectivity index (χ4n) is 3.28. The van der Waals surface area contributed by atoms with E-state index in [1.807, 2.05) is 4.90 Å². The summed E-state index contributed by atoms with van der Waals surface area (Å²) in [6, 6.07) is 11.4. The van der Waals surface area contributed by atoms with Crippen molar-refractivity contribution in [2.45, 2.75) is 6.42 Å². The Morgan fingerprint density at radius 1 is 0.967 bits per heavy atom. The quantitative estimate of drug-likeness (QED) is 0.703. The number of ether oxygens (including phenoxy) is 1. The number of rotatable bonds is 7. The van der Waals surface area contributed by atoms with Crippen LogP contribution in [0.5, 0.6) is 5.75 Å². The Kier molecular flexibility index (Phi) is 7.73. The third-order valence-corrected chi connectivity index (χ3v) is 4.82. The molecular formula is C22H25F2N3O3. The van der Waals surface area contributed by atoms with Crippen LogP contribution < -0.4 is 10.1 Å². The molecule has 0 radical (unpaired) electrons. The molecule has 30 heavy (non-hydrogen) atoms.